The van der Waals surface area contributed by atoms with Gasteiger partial charge in [0.05, 0.1) is 13.2 Å². The molecule has 3 atom stereocenters. The van der Waals surface area contributed by atoms with Crippen molar-refractivity contribution in [2.75, 3.05) is 19.8 Å². The molecule has 0 aromatic rings. The van der Waals surface area contributed by atoms with Crippen LogP contribution in [0.4, 0.5) is 0 Å². The monoisotopic (exact) mass is 872 g/mol. The average molecular weight is 872 g/mol. The van der Waals surface area contributed by atoms with Crippen molar-refractivity contribution in [1.29, 1.82) is 0 Å². The molecule has 0 aromatic carbocycles. The molecule has 0 spiro atoms. The minimum atomic E-state index is -4.72. The minimum Gasteiger partial charge on any atom is -0.480 e. The molecule has 0 fully saturated rings. The number of phosphoric acid groups is 1. The van der Waals surface area contributed by atoms with E-state index in [4.69, 9.17) is 24.8 Å². The average Bonchev–Trinajstić information content (AvgIpc) is 3.22. The SMILES string of the molecule is C=CCCCCCCCCCCCCCCCC(=O)O[C@@H](COC(=O)CCCCCCCCCCCCC/C=C/CCCCCCCC)COP(=O)(O)OC[C@H](N)C(=O)O. The number of esters is 2. The van der Waals surface area contributed by atoms with Gasteiger partial charge in [-0.2, -0.15) is 0 Å². The number of aliphatic carboxylic acids is 1. The summed E-state index contributed by atoms with van der Waals surface area (Å²) in [5, 5.41) is 8.91. The van der Waals surface area contributed by atoms with E-state index in [1.165, 1.54) is 154 Å². The number of rotatable bonds is 47. The van der Waals surface area contributed by atoms with Crippen molar-refractivity contribution in [3.63, 3.8) is 0 Å². The summed E-state index contributed by atoms with van der Waals surface area (Å²) >= 11 is 0. The van der Waals surface area contributed by atoms with Gasteiger partial charge in [0.15, 0.2) is 6.10 Å². The van der Waals surface area contributed by atoms with Gasteiger partial charge in [0, 0.05) is 12.8 Å². The molecule has 0 saturated carbocycles. The van der Waals surface area contributed by atoms with Crippen LogP contribution in [-0.2, 0) is 37.5 Å². The van der Waals surface area contributed by atoms with Crippen molar-refractivity contribution in [2.45, 2.75) is 244 Å². The smallest absolute Gasteiger partial charge is 0.472 e. The molecule has 1 unspecified atom stereocenters. The summed E-state index contributed by atoms with van der Waals surface area (Å²) in [5.74, 6) is -2.37. The predicted octanol–water partition coefficient (Wildman–Crippen LogP) is 13.4. The van der Waals surface area contributed by atoms with E-state index >= 15 is 0 Å². The van der Waals surface area contributed by atoms with Crippen molar-refractivity contribution in [1.82, 2.24) is 0 Å². The van der Waals surface area contributed by atoms with Crippen LogP contribution in [0.5, 0.6) is 0 Å². The third-order valence-electron chi connectivity index (χ3n) is 10.8. The van der Waals surface area contributed by atoms with Gasteiger partial charge in [-0.3, -0.25) is 23.4 Å². The Balaban J connectivity index is 4.22. The quantitative estimate of drug-likeness (QED) is 0.0230. The van der Waals surface area contributed by atoms with E-state index in [-0.39, 0.29) is 19.4 Å². The van der Waals surface area contributed by atoms with Crippen molar-refractivity contribution in [3.8, 4) is 0 Å². The minimum absolute atomic E-state index is 0.162. The maximum Gasteiger partial charge on any atom is 0.472 e. The standard InChI is InChI=1S/C48H90NO10P/c1-3-5-7-9-11-13-15-17-19-20-21-22-23-24-26-27-29-31-33-35-37-39-46(50)56-41-44(42-57-60(54,55)58-43-45(49)48(52)53)59-47(51)40-38-36-34-32-30-28-25-18-16-14-12-10-8-6-4-2/h4,17,19,44-45H,2-3,5-16,18,20-43,49H2,1H3,(H,52,53)(H,54,55)/b19-17+/t44-,45-/m0/s1. The topological polar surface area (TPSA) is 172 Å². The van der Waals surface area contributed by atoms with E-state index in [9.17, 15) is 23.8 Å². The zero-order chi connectivity index (χ0) is 44.2. The lowest BCUT2D eigenvalue weighted by molar-refractivity contribution is -0.161. The molecule has 4 N–H and O–H groups in total. The number of ether oxygens (including phenoxy) is 2. The normalized spacial score (nSPS) is 13.6. The number of carbonyl (C=O) groups excluding carboxylic acids is 2. The first-order valence-electron chi connectivity index (χ1n) is 24.3. The zero-order valence-corrected chi connectivity index (χ0v) is 39.0. The lowest BCUT2D eigenvalue weighted by Gasteiger charge is -2.20. The molecule has 12 heteroatoms. The summed E-state index contributed by atoms with van der Waals surface area (Å²) in [4.78, 5) is 46.1. The predicted molar refractivity (Wildman–Crippen MR) is 245 cm³/mol. The Morgan fingerprint density at radius 1 is 0.550 bits per heavy atom. The molecular formula is C48H90NO10P. The van der Waals surface area contributed by atoms with Gasteiger partial charge in [-0.1, -0.05) is 186 Å². The molecular weight excluding hydrogens is 781 g/mol. The van der Waals surface area contributed by atoms with E-state index in [0.29, 0.717) is 12.8 Å². The molecule has 0 aromatic heterocycles. The molecule has 0 heterocycles. The molecule has 0 bridgehead atoms. The first-order valence-corrected chi connectivity index (χ1v) is 25.8. The number of hydrogen-bond acceptors (Lipinski definition) is 9. The van der Waals surface area contributed by atoms with Gasteiger partial charge in [0.25, 0.3) is 0 Å². The summed E-state index contributed by atoms with van der Waals surface area (Å²) in [6, 6.07) is -1.52. The Morgan fingerprint density at radius 3 is 1.33 bits per heavy atom. The number of carboxylic acids is 1. The molecule has 0 amide bonds. The van der Waals surface area contributed by atoms with E-state index in [2.05, 4.69) is 30.2 Å². The van der Waals surface area contributed by atoms with Crippen LogP contribution in [0.2, 0.25) is 0 Å². The Bertz CT molecular complexity index is 1100. The molecule has 60 heavy (non-hydrogen) atoms. The Labute approximate surface area is 366 Å². The zero-order valence-electron chi connectivity index (χ0n) is 38.1. The number of nitrogens with two attached hydrogens (primary N) is 1. The fraction of sp³-hybridized carbons (Fsp3) is 0.854. The van der Waals surface area contributed by atoms with Crippen LogP contribution in [0.3, 0.4) is 0 Å². The van der Waals surface area contributed by atoms with Crippen molar-refractivity contribution in [2.24, 2.45) is 5.73 Å². The molecule has 0 aliphatic rings. The lowest BCUT2D eigenvalue weighted by Crippen LogP contribution is -2.34. The molecule has 352 valence electrons. The summed E-state index contributed by atoms with van der Waals surface area (Å²) in [7, 11) is -4.72. The summed E-state index contributed by atoms with van der Waals surface area (Å²) in [6.45, 7) is 4.35. The van der Waals surface area contributed by atoms with E-state index < -0.39 is 51.1 Å². The third kappa shape index (κ3) is 42.6. The third-order valence-corrected chi connectivity index (χ3v) is 11.8. The number of unbranched alkanes of at least 4 members (excludes halogenated alkanes) is 30. The van der Waals surface area contributed by atoms with Crippen LogP contribution in [0, 0.1) is 0 Å². The first kappa shape index (κ1) is 58.0. The molecule has 0 aliphatic heterocycles. The van der Waals surface area contributed by atoms with Crippen LogP contribution in [0.15, 0.2) is 24.8 Å². The van der Waals surface area contributed by atoms with Gasteiger partial charge >= 0.3 is 25.7 Å². The molecule has 0 rings (SSSR count). The number of allylic oxidation sites excluding steroid dienone is 3. The maximum atomic E-state index is 12.7. The van der Waals surface area contributed by atoms with E-state index in [1.807, 2.05) is 6.08 Å². The molecule has 11 nitrogen and oxygen atoms in total. The Kier molecular flexibility index (Phi) is 42.1. The molecule has 0 saturated heterocycles. The van der Waals surface area contributed by atoms with Crippen LogP contribution in [0.1, 0.15) is 232 Å². The van der Waals surface area contributed by atoms with Crippen LogP contribution < -0.4 is 5.73 Å². The van der Waals surface area contributed by atoms with Gasteiger partial charge in [0.2, 0.25) is 0 Å². The number of hydrogen-bond donors (Lipinski definition) is 3. The highest BCUT2D eigenvalue weighted by atomic mass is 31.2. The number of carboxylic acid groups (broad SMARTS) is 1. The van der Waals surface area contributed by atoms with Crippen molar-refractivity contribution in [3.05, 3.63) is 24.8 Å². The van der Waals surface area contributed by atoms with Gasteiger partial charge < -0.3 is 25.2 Å². The second kappa shape index (κ2) is 43.6. The highest BCUT2D eigenvalue weighted by Gasteiger charge is 2.28. The number of carbonyl (C=O) groups is 3. The van der Waals surface area contributed by atoms with Crippen LogP contribution >= 0.6 is 7.82 Å². The number of phosphoric ester groups is 1. The largest absolute Gasteiger partial charge is 0.480 e. The van der Waals surface area contributed by atoms with Crippen molar-refractivity contribution < 1.29 is 47.5 Å². The second-order valence-electron chi connectivity index (χ2n) is 16.7. The first-order chi connectivity index (χ1) is 29.1. The molecule has 0 radical (unpaired) electrons. The summed E-state index contributed by atoms with van der Waals surface area (Å²) in [5.41, 5.74) is 5.34. The Hall–Kier alpha value is -2.04. The summed E-state index contributed by atoms with van der Waals surface area (Å²) in [6.07, 6.45) is 45.6. The highest BCUT2D eigenvalue weighted by Crippen LogP contribution is 2.43. The van der Waals surface area contributed by atoms with Crippen molar-refractivity contribution >= 4 is 25.7 Å². The van der Waals surface area contributed by atoms with E-state index in [1.54, 1.807) is 0 Å². The van der Waals surface area contributed by atoms with Gasteiger partial charge in [-0.25, -0.2) is 4.57 Å². The fourth-order valence-corrected chi connectivity index (χ4v) is 7.76. The van der Waals surface area contributed by atoms with Crippen LogP contribution in [0.25, 0.3) is 0 Å². The maximum absolute atomic E-state index is 12.7. The molecule has 0 aliphatic carbocycles. The summed E-state index contributed by atoms with van der Waals surface area (Å²) < 4.78 is 32.8. The Morgan fingerprint density at radius 2 is 0.917 bits per heavy atom. The van der Waals surface area contributed by atoms with Gasteiger partial charge in [0.1, 0.15) is 12.6 Å². The second-order valence-corrected chi connectivity index (χ2v) is 18.1. The van der Waals surface area contributed by atoms with Crippen LogP contribution in [-0.4, -0.2) is 59.9 Å². The van der Waals surface area contributed by atoms with Gasteiger partial charge in [-0.05, 0) is 51.4 Å². The van der Waals surface area contributed by atoms with Gasteiger partial charge in [-0.15, -0.1) is 6.58 Å². The van der Waals surface area contributed by atoms with E-state index in [0.717, 1.165) is 44.9 Å². The fourth-order valence-electron chi connectivity index (χ4n) is 6.98. The highest BCUT2D eigenvalue weighted by molar-refractivity contribution is 7.47. The lowest BCUT2D eigenvalue weighted by atomic mass is 10.0.